The minimum Gasteiger partial charge on any atom is -0.398 e. The topological polar surface area (TPSA) is 55.1 Å². The normalized spacial score (nSPS) is 10.4. The lowest BCUT2D eigenvalue weighted by Gasteiger charge is -2.13. The average Bonchev–Trinajstić information content (AvgIpc) is 2.42. The number of anilines is 2. The van der Waals surface area contributed by atoms with E-state index in [0.717, 1.165) is 21.7 Å². The highest BCUT2D eigenvalue weighted by Gasteiger charge is 2.09. The largest absolute Gasteiger partial charge is 0.398 e. The van der Waals surface area contributed by atoms with E-state index in [1.165, 1.54) is 17.3 Å². The third kappa shape index (κ3) is 4.02. The summed E-state index contributed by atoms with van der Waals surface area (Å²) in [6, 6.07) is 11.7. The van der Waals surface area contributed by atoms with Crippen LogP contribution in [0.3, 0.4) is 0 Å². The second kappa shape index (κ2) is 6.68. The Morgan fingerprint density at radius 1 is 1.14 bits per heavy atom. The first-order valence-electron chi connectivity index (χ1n) is 6.82. The summed E-state index contributed by atoms with van der Waals surface area (Å²) in [6.07, 6.45) is 0. The first-order chi connectivity index (χ1) is 9.97. The minimum atomic E-state index is -0.0155. The van der Waals surface area contributed by atoms with Crippen molar-refractivity contribution < 1.29 is 4.79 Å². The average molecular weight is 300 g/mol. The van der Waals surface area contributed by atoms with E-state index in [0.29, 0.717) is 11.4 Å². The molecule has 2 aromatic rings. The van der Waals surface area contributed by atoms with Crippen LogP contribution in [0.15, 0.2) is 41.3 Å². The summed E-state index contributed by atoms with van der Waals surface area (Å²) in [7, 11) is 0. The highest BCUT2D eigenvalue weighted by molar-refractivity contribution is 8.00. The Kier molecular flexibility index (Phi) is 4.91. The third-order valence-corrected chi connectivity index (χ3v) is 4.31. The van der Waals surface area contributed by atoms with Crippen LogP contribution in [0, 0.1) is 20.8 Å². The highest BCUT2D eigenvalue weighted by Crippen LogP contribution is 2.26. The van der Waals surface area contributed by atoms with Crippen LogP contribution in [0.25, 0.3) is 0 Å². The van der Waals surface area contributed by atoms with Crippen LogP contribution >= 0.6 is 11.8 Å². The molecule has 0 bridgehead atoms. The van der Waals surface area contributed by atoms with Crippen molar-refractivity contribution in [3.8, 4) is 0 Å². The first kappa shape index (κ1) is 15.4. The van der Waals surface area contributed by atoms with Crippen molar-refractivity contribution in [2.45, 2.75) is 25.7 Å². The lowest BCUT2D eigenvalue weighted by atomic mass is 10.1. The smallest absolute Gasteiger partial charge is 0.234 e. The Labute approximate surface area is 129 Å². The van der Waals surface area contributed by atoms with Gasteiger partial charge in [0, 0.05) is 16.3 Å². The van der Waals surface area contributed by atoms with E-state index < -0.39 is 0 Å². The molecule has 3 nitrogen and oxygen atoms in total. The van der Waals surface area contributed by atoms with Gasteiger partial charge in [0.15, 0.2) is 0 Å². The maximum Gasteiger partial charge on any atom is 0.234 e. The minimum absolute atomic E-state index is 0.0155. The van der Waals surface area contributed by atoms with Crippen LogP contribution < -0.4 is 11.1 Å². The molecule has 2 aromatic carbocycles. The Morgan fingerprint density at radius 3 is 2.38 bits per heavy atom. The molecule has 0 radical (unpaired) electrons. The fourth-order valence-corrected chi connectivity index (χ4v) is 3.08. The van der Waals surface area contributed by atoms with Crippen molar-refractivity contribution in [2.24, 2.45) is 0 Å². The number of nitrogens with two attached hydrogens (primary N) is 1. The number of thioether (sulfide) groups is 1. The van der Waals surface area contributed by atoms with E-state index in [4.69, 9.17) is 5.73 Å². The number of carbonyl (C=O) groups excluding carboxylic acids is 1. The molecule has 0 saturated carbocycles. The van der Waals surface area contributed by atoms with Gasteiger partial charge in [-0.25, -0.2) is 0 Å². The predicted molar refractivity (Wildman–Crippen MR) is 90.9 cm³/mol. The van der Waals surface area contributed by atoms with Gasteiger partial charge in [0.2, 0.25) is 5.91 Å². The number of para-hydroxylation sites is 1. The van der Waals surface area contributed by atoms with Gasteiger partial charge in [-0.1, -0.05) is 29.8 Å². The van der Waals surface area contributed by atoms with Gasteiger partial charge in [0.25, 0.3) is 0 Å². The maximum absolute atomic E-state index is 12.1. The van der Waals surface area contributed by atoms with Crippen molar-refractivity contribution in [2.75, 3.05) is 16.8 Å². The predicted octanol–water partition coefficient (Wildman–Crippen LogP) is 3.92. The van der Waals surface area contributed by atoms with E-state index >= 15 is 0 Å². The molecular weight excluding hydrogens is 280 g/mol. The van der Waals surface area contributed by atoms with Crippen LogP contribution in [0.4, 0.5) is 11.4 Å². The molecule has 0 aliphatic rings. The molecule has 0 aliphatic heterocycles. The van der Waals surface area contributed by atoms with Gasteiger partial charge in [0.1, 0.15) is 0 Å². The van der Waals surface area contributed by atoms with Crippen LogP contribution in [0.5, 0.6) is 0 Å². The van der Waals surface area contributed by atoms with Gasteiger partial charge in [-0.3, -0.25) is 4.79 Å². The number of nitrogens with one attached hydrogen (secondary N) is 1. The Hall–Kier alpha value is -1.94. The highest BCUT2D eigenvalue weighted by atomic mass is 32.2. The Balaban J connectivity index is 2.01. The number of carbonyl (C=O) groups is 1. The zero-order valence-corrected chi connectivity index (χ0v) is 13.4. The summed E-state index contributed by atoms with van der Waals surface area (Å²) in [5, 5.41) is 2.99. The van der Waals surface area contributed by atoms with E-state index in [1.807, 2.05) is 38.1 Å². The molecule has 3 N–H and O–H groups in total. The number of hydrogen-bond acceptors (Lipinski definition) is 3. The molecule has 0 saturated heterocycles. The molecule has 0 aromatic heterocycles. The van der Waals surface area contributed by atoms with Crippen LogP contribution in [-0.2, 0) is 4.79 Å². The number of hydrogen-bond donors (Lipinski definition) is 2. The number of rotatable bonds is 4. The molecule has 0 aliphatic carbocycles. The van der Waals surface area contributed by atoms with E-state index in [-0.39, 0.29) is 5.91 Å². The fourth-order valence-electron chi connectivity index (χ4n) is 2.31. The summed E-state index contributed by atoms with van der Waals surface area (Å²) >= 11 is 1.45. The van der Waals surface area contributed by atoms with Gasteiger partial charge in [0.05, 0.1) is 5.75 Å². The van der Waals surface area contributed by atoms with Crippen molar-refractivity contribution >= 4 is 29.0 Å². The van der Waals surface area contributed by atoms with Gasteiger partial charge in [-0.15, -0.1) is 11.8 Å². The second-order valence-corrected chi connectivity index (χ2v) is 6.17. The van der Waals surface area contributed by atoms with Crippen LogP contribution in [-0.4, -0.2) is 11.7 Å². The van der Waals surface area contributed by atoms with E-state index in [9.17, 15) is 4.79 Å². The number of aryl methyl sites for hydroxylation is 3. The number of nitrogen functional groups attached to an aromatic ring is 1. The number of amides is 1. The second-order valence-electron chi connectivity index (χ2n) is 5.15. The quantitative estimate of drug-likeness (QED) is 0.664. The fraction of sp³-hybridized carbons (Fsp3) is 0.235. The Bertz CT molecular complexity index is 645. The summed E-state index contributed by atoms with van der Waals surface area (Å²) in [4.78, 5) is 13.0. The molecule has 0 fully saturated rings. The monoisotopic (exact) mass is 300 g/mol. The lowest BCUT2D eigenvalue weighted by Crippen LogP contribution is -2.16. The molecule has 4 heteroatoms. The van der Waals surface area contributed by atoms with Gasteiger partial charge < -0.3 is 11.1 Å². The van der Waals surface area contributed by atoms with Crippen LogP contribution in [0.2, 0.25) is 0 Å². The SMILES string of the molecule is Cc1cc(C)c(NC(=O)CSc2ccccc2N)c(C)c1. The van der Waals surface area contributed by atoms with Crippen molar-refractivity contribution in [3.05, 3.63) is 53.1 Å². The van der Waals surface area contributed by atoms with Gasteiger partial charge in [-0.05, 0) is 44.0 Å². The molecule has 0 spiro atoms. The zero-order valence-electron chi connectivity index (χ0n) is 12.6. The first-order valence-corrected chi connectivity index (χ1v) is 7.81. The summed E-state index contributed by atoms with van der Waals surface area (Å²) in [6.45, 7) is 6.08. The standard InChI is InChI=1S/C17H20N2OS/c1-11-8-12(2)17(13(3)9-11)19-16(20)10-21-15-7-5-4-6-14(15)18/h4-9H,10,18H2,1-3H3,(H,19,20). The molecule has 0 unspecified atom stereocenters. The summed E-state index contributed by atoms with van der Waals surface area (Å²) in [5.41, 5.74) is 10.9. The summed E-state index contributed by atoms with van der Waals surface area (Å²) in [5.74, 6) is 0.333. The lowest BCUT2D eigenvalue weighted by molar-refractivity contribution is -0.113. The maximum atomic E-state index is 12.1. The Morgan fingerprint density at radius 2 is 1.76 bits per heavy atom. The van der Waals surface area contributed by atoms with E-state index in [2.05, 4.69) is 24.4 Å². The van der Waals surface area contributed by atoms with Gasteiger partial charge >= 0.3 is 0 Å². The molecule has 0 heterocycles. The molecule has 110 valence electrons. The number of benzene rings is 2. The zero-order chi connectivity index (χ0) is 15.4. The van der Waals surface area contributed by atoms with E-state index in [1.54, 1.807) is 0 Å². The van der Waals surface area contributed by atoms with Crippen molar-refractivity contribution in [1.29, 1.82) is 0 Å². The molecule has 2 rings (SSSR count). The molecule has 21 heavy (non-hydrogen) atoms. The van der Waals surface area contributed by atoms with Crippen molar-refractivity contribution in [1.82, 2.24) is 0 Å². The van der Waals surface area contributed by atoms with Gasteiger partial charge in [-0.2, -0.15) is 0 Å². The van der Waals surface area contributed by atoms with Crippen molar-refractivity contribution in [3.63, 3.8) is 0 Å². The van der Waals surface area contributed by atoms with Crippen LogP contribution in [0.1, 0.15) is 16.7 Å². The molecule has 1 amide bonds. The molecular formula is C17H20N2OS. The third-order valence-electron chi connectivity index (χ3n) is 3.22. The molecule has 0 atom stereocenters. The summed E-state index contributed by atoms with van der Waals surface area (Å²) < 4.78 is 0.